The highest BCUT2D eigenvalue weighted by Crippen LogP contribution is 2.15. The third kappa shape index (κ3) is 6.12. The van der Waals surface area contributed by atoms with Gasteiger partial charge in [-0.05, 0) is 36.2 Å². The molecule has 4 nitrogen and oxygen atoms in total. The number of nitrogens with zero attached hydrogens (tertiary/aromatic N) is 1. The molecular formula is C19H23NO3. The number of rotatable bonds is 9. The second-order valence-corrected chi connectivity index (χ2v) is 5.54. The highest BCUT2D eigenvalue weighted by Gasteiger charge is 2.08. The van der Waals surface area contributed by atoms with Crippen LogP contribution in [0.25, 0.3) is 0 Å². The first kappa shape index (κ1) is 17.0. The van der Waals surface area contributed by atoms with Crippen molar-refractivity contribution in [1.82, 2.24) is 4.90 Å². The number of carboxylic acids is 1. The summed E-state index contributed by atoms with van der Waals surface area (Å²) in [4.78, 5) is 13.0. The van der Waals surface area contributed by atoms with E-state index < -0.39 is 5.97 Å². The zero-order chi connectivity index (χ0) is 16.5. The average molecular weight is 313 g/mol. The third-order valence-electron chi connectivity index (χ3n) is 3.68. The monoisotopic (exact) mass is 313 g/mol. The smallest absolute Gasteiger partial charge is 0.303 e. The Labute approximate surface area is 137 Å². The predicted octanol–water partition coefficient (Wildman–Crippen LogP) is 3.56. The fraction of sp³-hybridized carbons (Fsp3) is 0.316. The van der Waals surface area contributed by atoms with E-state index in [0.717, 1.165) is 25.4 Å². The molecular weight excluding hydrogens is 290 g/mol. The standard InChI is InChI=1S/C19H23NO3/c1-23-18-11-9-17(10-12-18)15-20(13-5-8-19(21)22)14-16-6-3-2-4-7-16/h2-4,6-7,9-12H,5,8,13-15H2,1H3,(H,21,22). The van der Waals surface area contributed by atoms with E-state index in [9.17, 15) is 4.79 Å². The molecule has 2 aromatic rings. The molecule has 23 heavy (non-hydrogen) atoms. The van der Waals surface area contributed by atoms with E-state index in [4.69, 9.17) is 9.84 Å². The molecule has 0 saturated carbocycles. The molecule has 0 saturated heterocycles. The molecule has 0 aliphatic carbocycles. The molecule has 122 valence electrons. The quantitative estimate of drug-likeness (QED) is 0.769. The Bertz CT molecular complexity index is 596. The van der Waals surface area contributed by atoms with Crippen molar-refractivity contribution in [3.05, 3.63) is 65.7 Å². The number of hydrogen-bond acceptors (Lipinski definition) is 3. The van der Waals surface area contributed by atoms with Gasteiger partial charge in [0.1, 0.15) is 5.75 Å². The molecule has 0 amide bonds. The first-order valence-corrected chi connectivity index (χ1v) is 7.78. The van der Waals surface area contributed by atoms with E-state index in [1.165, 1.54) is 11.1 Å². The normalized spacial score (nSPS) is 10.7. The van der Waals surface area contributed by atoms with Crippen LogP contribution in [0.15, 0.2) is 54.6 Å². The largest absolute Gasteiger partial charge is 0.497 e. The number of carboxylic acid groups (broad SMARTS) is 1. The lowest BCUT2D eigenvalue weighted by molar-refractivity contribution is -0.137. The fourth-order valence-electron chi connectivity index (χ4n) is 2.50. The van der Waals surface area contributed by atoms with Crippen LogP contribution in [0.3, 0.4) is 0 Å². The molecule has 0 atom stereocenters. The lowest BCUT2D eigenvalue weighted by atomic mass is 10.1. The van der Waals surface area contributed by atoms with Crippen LogP contribution in [-0.4, -0.2) is 29.6 Å². The van der Waals surface area contributed by atoms with Crippen molar-refractivity contribution in [1.29, 1.82) is 0 Å². The van der Waals surface area contributed by atoms with E-state index in [0.29, 0.717) is 6.42 Å². The summed E-state index contributed by atoms with van der Waals surface area (Å²) < 4.78 is 5.18. The SMILES string of the molecule is COc1ccc(CN(CCCC(=O)O)Cc2ccccc2)cc1. The Kier molecular flexibility index (Phi) is 6.63. The summed E-state index contributed by atoms with van der Waals surface area (Å²) in [5.74, 6) is 0.100. The van der Waals surface area contributed by atoms with Gasteiger partial charge in [-0.1, -0.05) is 42.5 Å². The molecule has 0 spiro atoms. The first-order valence-electron chi connectivity index (χ1n) is 7.78. The van der Waals surface area contributed by atoms with Crippen LogP contribution in [0.1, 0.15) is 24.0 Å². The molecule has 0 fully saturated rings. The van der Waals surface area contributed by atoms with Gasteiger partial charge in [-0.2, -0.15) is 0 Å². The van der Waals surface area contributed by atoms with Crippen LogP contribution in [0, 0.1) is 0 Å². The van der Waals surface area contributed by atoms with E-state index in [1.807, 2.05) is 42.5 Å². The van der Waals surface area contributed by atoms with Gasteiger partial charge in [-0.3, -0.25) is 9.69 Å². The maximum absolute atomic E-state index is 10.7. The molecule has 2 rings (SSSR count). The van der Waals surface area contributed by atoms with Gasteiger partial charge in [-0.15, -0.1) is 0 Å². The van der Waals surface area contributed by atoms with Crippen molar-refractivity contribution >= 4 is 5.97 Å². The van der Waals surface area contributed by atoms with Crippen molar-refractivity contribution in [3.63, 3.8) is 0 Å². The Morgan fingerprint density at radius 3 is 2.17 bits per heavy atom. The number of carbonyl (C=O) groups is 1. The molecule has 0 heterocycles. The average Bonchev–Trinajstić information content (AvgIpc) is 2.56. The summed E-state index contributed by atoms with van der Waals surface area (Å²) in [7, 11) is 1.66. The molecule has 2 aromatic carbocycles. The first-order chi connectivity index (χ1) is 11.2. The summed E-state index contributed by atoms with van der Waals surface area (Å²) in [5, 5.41) is 8.83. The van der Waals surface area contributed by atoms with Gasteiger partial charge in [0, 0.05) is 19.5 Å². The molecule has 0 aliphatic rings. The van der Waals surface area contributed by atoms with E-state index >= 15 is 0 Å². The predicted molar refractivity (Wildman–Crippen MR) is 90.4 cm³/mol. The summed E-state index contributed by atoms with van der Waals surface area (Å²) in [5.41, 5.74) is 2.42. The minimum atomic E-state index is -0.742. The molecule has 0 aliphatic heterocycles. The summed E-state index contributed by atoms with van der Waals surface area (Å²) in [6.45, 7) is 2.36. The Hall–Kier alpha value is -2.33. The Morgan fingerprint density at radius 1 is 1.00 bits per heavy atom. The Morgan fingerprint density at radius 2 is 1.61 bits per heavy atom. The fourth-order valence-corrected chi connectivity index (χ4v) is 2.50. The van der Waals surface area contributed by atoms with Gasteiger partial charge in [0.15, 0.2) is 0 Å². The lowest BCUT2D eigenvalue weighted by Gasteiger charge is -2.22. The summed E-state index contributed by atoms with van der Waals surface area (Å²) in [6, 6.07) is 18.2. The highest BCUT2D eigenvalue weighted by atomic mass is 16.5. The highest BCUT2D eigenvalue weighted by molar-refractivity contribution is 5.66. The number of benzene rings is 2. The van der Waals surface area contributed by atoms with Crippen LogP contribution in [0.5, 0.6) is 5.75 Å². The van der Waals surface area contributed by atoms with Crippen LogP contribution in [-0.2, 0) is 17.9 Å². The van der Waals surface area contributed by atoms with Gasteiger partial charge in [0.05, 0.1) is 7.11 Å². The minimum Gasteiger partial charge on any atom is -0.497 e. The molecule has 0 radical (unpaired) electrons. The maximum atomic E-state index is 10.7. The topological polar surface area (TPSA) is 49.8 Å². The van der Waals surface area contributed by atoms with Crippen molar-refractivity contribution in [3.8, 4) is 5.75 Å². The van der Waals surface area contributed by atoms with Crippen LogP contribution >= 0.6 is 0 Å². The van der Waals surface area contributed by atoms with E-state index in [-0.39, 0.29) is 6.42 Å². The van der Waals surface area contributed by atoms with Crippen LogP contribution in [0.2, 0.25) is 0 Å². The van der Waals surface area contributed by atoms with Crippen molar-refractivity contribution in [2.75, 3.05) is 13.7 Å². The lowest BCUT2D eigenvalue weighted by Crippen LogP contribution is -2.24. The second kappa shape index (κ2) is 8.96. The molecule has 0 bridgehead atoms. The molecule has 0 aromatic heterocycles. The third-order valence-corrected chi connectivity index (χ3v) is 3.68. The summed E-state index contributed by atoms with van der Waals surface area (Å²) >= 11 is 0. The molecule has 0 unspecified atom stereocenters. The van der Waals surface area contributed by atoms with E-state index in [2.05, 4.69) is 17.0 Å². The van der Waals surface area contributed by atoms with Gasteiger partial charge in [-0.25, -0.2) is 0 Å². The van der Waals surface area contributed by atoms with E-state index in [1.54, 1.807) is 7.11 Å². The van der Waals surface area contributed by atoms with Gasteiger partial charge in [0.25, 0.3) is 0 Å². The van der Waals surface area contributed by atoms with Crippen molar-refractivity contribution < 1.29 is 14.6 Å². The zero-order valence-electron chi connectivity index (χ0n) is 13.4. The minimum absolute atomic E-state index is 0.202. The number of hydrogen-bond donors (Lipinski definition) is 1. The van der Waals surface area contributed by atoms with Gasteiger partial charge >= 0.3 is 5.97 Å². The number of ether oxygens (including phenoxy) is 1. The second-order valence-electron chi connectivity index (χ2n) is 5.54. The van der Waals surface area contributed by atoms with Gasteiger partial charge in [0.2, 0.25) is 0 Å². The van der Waals surface area contributed by atoms with Crippen molar-refractivity contribution in [2.24, 2.45) is 0 Å². The Balaban J connectivity index is 2.00. The maximum Gasteiger partial charge on any atom is 0.303 e. The summed E-state index contributed by atoms with van der Waals surface area (Å²) in [6.07, 6.45) is 0.853. The van der Waals surface area contributed by atoms with Crippen molar-refractivity contribution in [2.45, 2.75) is 25.9 Å². The van der Waals surface area contributed by atoms with Crippen LogP contribution < -0.4 is 4.74 Å². The molecule has 1 N–H and O–H groups in total. The van der Waals surface area contributed by atoms with Crippen LogP contribution in [0.4, 0.5) is 0 Å². The van der Waals surface area contributed by atoms with Gasteiger partial charge < -0.3 is 9.84 Å². The molecule has 4 heteroatoms. The number of methoxy groups -OCH3 is 1. The zero-order valence-corrected chi connectivity index (χ0v) is 13.4. The number of aliphatic carboxylic acids is 1.